The lowest BCUT2D eigenvalue weighted by Crippen LogP contribution is -1.99. The molecule has 1 unspecified atom stereocenters. The second kappa shape index (κ2) is 6.14. The standard InChI is InChI=1S/C13H10Cl3NOS/c14-10-3-1-2-8(13(10)16)7-19(18)12-5-4-9(17)6-11(12)15/h1-6H,7,17H2. The lowest BCUT2D eigenvalue weighted by Gasteiger charge is -2.08. The molecular formula is C13H10Cl3NOS. The molecule has 100 valence electrons. The van der Waals surface area contributed by atoms with Crippen molar-refractivity contribution in [2.45, 2.75) is 10.6 Å². The van der Waals surface area contributed by atoms with Crippen molar-refractivity contribution in [3.63, 3.8) is 0 Å². The molecule has 0 heterocycles. The van der Waals surface area contributed by atoms with Gasteiger partial charge in [0.25, 0.3) is 0 Å². The molecule has 0 aliphatic heterocycles. The van der Waals surface area contributed by atoms with Crippen LogP contribution in [0.4, 0.5) is 5.69 Å². The maximum atomic E-state index is 12.3. The van der Waals surface area contributed by atoms with Crippen LogP contribution in [0.15, 0.2) is 41.3 Å². The smallest absolute Gasteiger partial charge is 0.0633 e. The van der Waals surface area contributed by atoms with Gasteiger partial charge in [-0.2, -0.15) is 0 Å². The Bertz CT molecular complexity index is 646. The maximum Gasteiger partial charge on any atom is 0.0633 e. The van der Waals surface area contributed by atoms with Crippen LogP contribution in [-0.2, 0) is 16.6 Å². The minimum absolute atomic E-state index is 0.253. The Kier molecular flexibility index (Phi) is 4.74. The largest absolute Gasteiger partial charge is 0.399 e. The number of hydrogen-bond donors (Lipinski definition) is 1. The van der Waals surface area contributed by atoms with Gasteiger partial charge in [0.2, 0.25) is 0 Å². The van der Waals surface area contributed by atoms with E-state index in [9.17, 15) is 4.21 Å². The fourth-order valence-corrected chi connectivity index (χ4v) is 3.67. The van der Waals surface area contributed by atoms with Crippen LogP contribution in [0, 0.1) is 0 Å². The summed E-state index contributed by atoms with van der Waals surface area (Å²) in [6.45, 7) is 0. The van der Waals surface area contributed by atoms with Gasteiger partial charge in [-0.3, -0.25) is 4.21 Å². The zero-order chi connectivity index (χ0) is 14.0. The average molecular weight is 335 g/mol. The molecule has 2 aromatic carbocycles. The van der Waals surface area contributed by atoms with E-state index in [0.717, 1.165) is 5.56 Å². The summed E-state index contributed by atoms with van der Waals surface area (Å²) in [4.78, 5) is 0.534. The SMILES string of the molecule is Nc1ccc(S(=O)Cc2cccc(Cl)c2Cl)c(Cl)c1. The van der Waals surface area contributed by atoms with E-state index in [0.29, 0.717) is 25.7 Å². The second-order valence-electron chi connectivity index (χ2n) is 3.89. The van der Waals surface area contributed by atoms with Gasteiger partial charge in [-0.05, 0) is 29.8 Å². The topological polar surface area (TPSA) is 43.1 Å². The van der Waals surface area contributed by atoms with Gasteiger partial charge in [0.15, 0.2) is 0 Å². The third-order valence-corrected chi connectivity index (χ3v) is 5.22. The van der Waals surface area contributed by atoms with Crippen molar-refractivity contribution >= 4 is 51.3 Å². The van der Waals surface area contributed by atoms with Crippen LogP contribution in [0.1, 0.15) is 5.56 Å². The minimum atomic E-state index is -1.30. The molecule has 0 amide bonds. The van der Waals surface area contributed by atoms with Crippen molar-refractivity contribution in [2.75, 3.05) is 5.73 Å². The summed E-state index contributed by atoms with van der Waals surface area (Å²) in [6.07, 6.45) is 0. The summed E-state index contributed by atoms with van der Waals surface area (Å²) in [5, 5.41) is 1.25. The number of hydrogen-bond acceptors (Lipinski definition) is 2. The third kappa shape index (κ3) is 3.42. The summed E-state index contributed by atoms with van der Waals surface area (Å²) in [6, 6.07) is 10.1. The lowest BCUT2D eigenvalue weighted by atomic mass is 10.2. The molecule has 2 nitrogen and oxygen atoms in total. The summed E-state index contributed by atoms with van der Waals surface area (Å²) in [7, 11) is -1.30. The van der Waals surface area contributed by atoms with Gasteiger partial charge in [0, 0.05) is 5.69 Å². The first kappa shape index (κ1) is 14.7. The zero-order valence-electron chi connectivity index (χ0n) is 9.70. The highest BCUT2D eigenvalue weighted by molar-refractivity contribution is 7.84. The van der Waals surface area contributed by atoms with Crippen LogP contribution in [0.2, 0.25) is 15.1 Å². The monoisotopic (exact) mass is 333 g/mol. The molecule has 0 aliphatic carbocycles. The van der Waals surface area contributed by atoms with Crippen LogP contribution in [0.3, 0.4) is 0 Å². The van der Waals surface area contributed by atoms with E-state index in [1.807, 2.05) is 0 Å². The lowest BCUT2D eigenvalue weighted by molar-refractivity contribution is 0.682. The van der Waals surface area contributed by atoms with Crippen molar-refractivity contribution in [1.29, 1.82) is 0 Å². The number of halogens is 3. The Morgan fingerprint density at radius 2 is 1.79 bits per heavy atom. The zero-order valence-corrected chi connectivity index (χ0v) is 12.8. The first-order valence-electron chi connectivity index (χ1n) is 5.35. The fraction of sp³-hybridized carbons (Fsp3) is 0.0769. The van der Waals surface area contributed by atoms with Gasteiger partial charge in [-0.1, -0.05) is 46.9 Å². The van der Waals surface area contributed by atoms with E-state index in [1.165, 1.54) is 0 Å². The van der Waals surface area contributed by atoms with E-state index >= 15 is 0 Å². The molecule has 0 bridgehead atoms. The Morgan fingerprint density at radius 1 is 1.05 bits per heavy atom. The van der Waals surface area contributed by atoms with Crippen molar-refractivity contribution in [3.8, 4) is 0 Å². The van der Waals surface area contributed by atoms with Crippen LogP contribution in [0.25, 0.3) is 0 Å². The van der Waals surface area contributed by atoms with E-state index in [4.69, 9.17) is 40.5 Å². The summed E-state index contributed by atoms with van der Waals surface area (Å²) in [5.41, 5.74) is 6.86. The van der Waals surface area contributed by atoms with Crippen molar-refractivity contribution in [3.05, 3.63) is 57.0 Å². The molecular weight excluding hydrogens is 325 g/mol. The van der Waals surface area contributed by atoms with Crippen LogP contribution < -0.4 is 5.73 Å². The molecule has 0 fully saturated rings. The van der Waals surface area contributed by atoms with Gasteiger partial charge in [-0.15, -0.1) is 0 Å². The number of rotatable bonds is 3. The molecule has 0 radical (unpaired) electrons. The Balaban J connectivity index is 2.28. The molecule has 1 atom stereocenters. The fourth-order valence-electron chi connectivity index (χ4n) is 1.58. The number of nitrogens with two attached hydrogens (primary N) is 1. The predicted octanol–water partition coefficient (Wildman–Crippen LogP) is 4.54. The molecule has 2 N–H and O–H groups in total. The molecule has 0 aliphatic rings. The van der Waals surface area contributed by atoms with Crippen LogP contribution >= 0.6 is 34.8 Å². The summed E-state index contributed by atoms with van der Waals surface area (Å²) < 4.78 is 12.3. The minimum Gasteiger partial charge on any atom is -0.399 e. The van der Waals surface area contributed by atoms with Crippen LogP contribution in [0.5, 0.6) is 0 Å². The molecule has 0 saturated carbocycles. The molecule has 19 heavy (non-hydrogen) atoms. The maximum absolute atomic E-state index is 12.3. The number of benzene rings is 2. The highest BCUT2D eigenvalue weighted by Gasteiger charge is 2.13. The second-order valence-corrected chi connectivity index (χ2v) is 6.50. The highest BCUT2D eigenvalue weighted by atomic mass is 35.5. The molecule has 0 saturated heterocycles. The Morgan fingerprint density at radius 3 is 2.47 bits per heavy atom. The first-order valence-corrected chi connectivity index (χ1v) is 7.80. The van der Waals surface area contributed by atoms with Gasteiger partial charge in [-0.25, -0.2) is 0 Å². The van der Waals surface area contributed by atoms with Crippen LogP contribution in [-0.4, -0.2) is 4.21 Å². The third-order valence-electron chi connectivity index (χ3n) is 2.52. The highest BCUT2D eigenvalue weighted by Crippen LogP contribution is 2.29. The average Bonchev–Trinajstić information content (AvgIpc) is 2.34. The molecule has 2 rings (SSSR count). The predicted molar refractivity (Wildman–Crippen MR) is 82.4 cm³/mol. The summed E-state index contributed by atoms with van der Waals surface area (Å²) in [5.74, 6) is 0.253. The van der Waals surface area contributed by atoms with Gasteiger partial charge in [0.05, 0.1) is 36.5 Å². The molecule has 2 aromatic rings. The van der Waals surface area contributed by atoms with Crippen molar-refractivity contribution < 1.29 is 4.21 Å². The number of anilines is 1. The van der Waals surface area contributed by atoms with Gasteiger partial charge >= 0.3 is 0 Å². The van der Waals surface area contributed by atoms with E-state index in [2.05, 4.69) is 0 Å². The van der Waals surface area contributed by atoms with Gasteiger partial charge < -0.3 is 5.73 Å². The molecule has 0 spiro atoms. The van der Waals surface area contributed by atoms with E-state index in [-0.39, 0.29) is 5.75 Å². The van der Waals surface area contributed by atoms with E-state index < -0.39 is 10.8 Å². The first-order chi connectivity index (χ1) is 8.99. The van der Waals surface area contributed by atoms with Gasteiger partial charge in [0.1, 0.15) is 0 Å². The molecule has 6 heteroatoms. The van der Waals surface area contributed by atoms with Crippen molar-refractivity contribution in [2.24, 2.45) is 0 Å². The Hall–Kier alpha value is -0.740. The Labute approximate surface area is 128 Å². The quantitative estimate of drug-likeness (QED) is 0.838. The van der Waals surface area contributed by atoms with E-state index in [1.54, 1.807) is 36.4 Å². The van der Waals surface area contributed by atoms with Crippen molar-refractivity contribution in [1.82, 2.24) is 0 Å². The number of nitrogen functional groups attached to an aromatic ring is 1. The normalized spacial score (nSPS) is 12.4. The molecule has 0 aromatic heterocycles. The summed E-state index contributed by atoms with van der Waals surface area (Å²) >= 11 is 18.0.